The first-order valence-corrected chi connectivity index (χ1v) is 9.42. The van der Waals surface area contributed by atoms with Crippen LogP contribution in [0.1, 0.15) is 51.0 Å². The second kappa shape index (κ2) is 9.54. The average molecular weight is 369 g/mol. The molecule has 2 atom stereocenters. The normalized spacial score (nSPS) is 23.9. The molecule has 0 unspecified atom stereocenters. The Labute approximate surface area is 156 Å². The zero-order chi connectivity index (χ0) is 16.9. The number of nitrogens with zero attached hydrogens (tertiary/aromatic N) is 1. The SMILES string of the molecule is C[C@H]1C[C@@H](C(=O)N(CCc2cccc(F)c2)C2CCCC2)CCN1.Cl. The molecule has 1 amide bonds. The van der Waals surface area contributed by atoms with E-state index in [0.717, 1.165) is 44.2 Å². The fourth-order valence-corrected chi connectivity index (χ4v) is 4.22. The number of benzene rings is 1. The summed E-state index contributed by atoms with van der Waals surface area (Å²) in [6, 6.07) is 7.56. The summed E-state index contributed by atoms with van der Waals surface area (Å²) in [5.74, 6) is 0.277. The van der Waals surface area contributed by atoms with Gasteiger partial charge in [0.05, 0.1) is 0 Å². The van der Waals surface area contributed by atoms with Crippen LogP contribution in [0.3, 0.4) is 0 Å². The van der Waals surface area contributed by atoms with Crippen LogP contribution in [0.5, 0.6) is 0 Å². The maximum absolute atomic E-state index is 13.4. The minimum Gasteiger partial charge on any atom is -0.339 e. The smallest absolute Gasteiger partial charge is 0.226 e. The zero-order valence-corrected chi connectivity index (χ0v) is 15.9. The van der Waals surface area contributed by atoms with Crippen molar-refractivity contribution in [2.45, 2.75) is 64.0 Å². The van der Waals surface area contributed by atoms with Crippen LogP contribution in [0.4, 0.5) is 4.39 Å². The van der Waals surface area contributed by atoms with Crippen LogP contribution in [0, 0.1) is 11.7 Å². The molecule has 1 aromatic rings. The van der Waals surface area contributed by atoms with Crippen molar-refractivity contribution >= 4 is 18.3 Å². The van der Waals surface area contributed by atoms with E-state index in [1.165, 1.54) is 18.9 Å². The molecular formula is C20H30ClFN2O. The molecule has 0 bridgehead atoms. The summed E-state index contributed by atoms with van der Waals surface area (Å²) in [4.78, 5) is 15.3. The molecule has 3 nitrogen and oxygen atoms in total. The number of piperidine rings is 1. The summed E-state index contributed by atoms with van der Waals surface area (Å²) < 4.78 is 13.4. The maximum atomic E-state index is 13.4. The van der Waals surface area contributed by atoms with E-state index in [2.05, 4.69) is 17.1 Å². The summed E-state index contributed by atoms with van der Waals surface area (Å²) in [5.41, 5.74) is 0.976. The maximum Gasteiger partial charge on any atom is 0.226 e. The number of halogens is 2. The van der Waals surface area contributed by atoms with Gasteiger partial charge in [-0.15, -0.1) is 12.4 Å². The predicted molar refractivity (Wildman–Crippen MR) is 102 cm³/mol. The standard InChI is InChI=1S/C20H29FN2O.ClH/c1-15-13-17(9-11-22-15)20(24)23(19-7-2-3-8-19)12-10-16-5-4-6-18(21)14-16;/h4-6,14-15,17,19,22H,2-3,7-13H2,1H3;1H/t15-,17-;/m0./s1. The Morgan fingerprint density at radius 1 is 1.28 bits per heavy atom. The highest BCUT2D eigenvalue weighted by atomic mass is 35.5. The summed E-state index contributed by atoms with van der Waals surface area (Å²) in [7, 11) is 0. The van der Waals surface area contributed by atoms with Crippen molar-refractivity contribution < 1.29 is 9.18 Å². The van der Waals surface area contributed by atoms with Crippen LogP contribution in [0.15, 0.2) is 24.3 Å². The Kier molecular flexibility index (Phi) is 7.70. The van der Waals surface area contributed by atoms with Gasteiger partial charge in [-0.1, -0.05) is 25.0 Å². The molecule has 1 aromatic carbocycles. The van der Waals surface area contributed by atoms with Gasteiger partial charge in [0.1, 0.15) is 5.82 Å². The lowest BCUT2D eigenvalue weighted by Gasteiger charge is -2.35. The van der Waals surface area contributed by atoms with Crippen molar-refractivity contribution in [2.24, 2.45) is 5.92 Å². The van der Waals surface area contributed by atoms with E-state index in [0.29, 0.717) is 24.5 Å². The van der Waals surface area contributed by atoms with Gasteiger partial charge in [0.25, 0.3) is 0 Å². The topological polar surface area (TPSA) is 32.3 Å². The highest BCUT2D eigenvalue weighted by Crippen LogP contribution is 2.27. The molecule has 0 aromatic heterocycles. The van der Waals surface area contributed by atoms with E-state index in [9.17, 15) is 9.18 Å². The predicted octanol–water partition coefficient (Wildman–Crippen LogP) is 3.95. The molecule has 1 saturated carbocycles. The Balaban J connectivity index is 0.00000225. The molecule has 1 N–H and O–H groups in total. The lowest BCUT2D eigenvalue weighted by molar-refractivity contribution is -0.139. The number of hydrogen-bond donors (Lipinski definition) is 1. The largest absolute Gasteiger partial charge is 0.339 e. The molecule has 2 fully saturated rings. The molecule has 1 aliphatic heterocycles. The first kappa shape index (κ1) is 20.2. The van der Waals surface area contributed by atoms with Crippen molar-refractivity contribution in [3.8, 4) is 0 Å². The fraction of sp³-hybridized carbons (Fsp3) is 0.650. The summed E-state index contributed by atoms with van der Waals surface area (Å²) in [5, 5.41) is 3.43. The number of carbonyl (C=O) groups excluding carboxylic acids is 1. The first-order chi connectivity index (χ1) is 11.6. The van der Waals surface area contributed by atoms with E-state index in [-0.39, 0.29) is 24.1 Å². The molecular weight excluding hydrogens is 339 g/mol. The molecule has 2 aliphatic rings. The molecule has 140 valence electrons. The number of hydrogen-bond acceptors (Lipinski definition) is 2. The molecule has 5 heteroatoms. The molecule has 1 saturated heterocycles. The molecule has 0 spiro atoms. The van der Waals surface area contributed by atoms with Crippen LogP contribution in [0.25, 0.3) is 0 Å². The van der Waals surface area contributed by atoms with Crippen LogP contribution in [-0.2, 0) is 11.2 Å². The third-order valence-electron chi connectivity index (χ3n) is 5.55. The monoisotopic (exact) mass is 368 g/mol. The number of amides is 1. The zero-order valence-electron chi connectivity index (χ0n) is 15.0. The van der Waals surface area contributed by atoms with Crippen molar-refractivity contribution in [1.29, 1.82) is 0 Å². The quantitative estimate of drug-likeness (QED) is 0.853. The Bertz CT molecular complexity index is 562. The van der Waals surface area contributed by atoms with Gasteiger partial charge in [-0.25, -0.2) is 4.39 Å². The number of nitrogens with one attached hydrogen (secondary N) is 1. The summed E-state index contributed by atoms with van der Waals surface area (Å²) >= 11 is 0. The fourth-order valence-electron chi connectivity index (χ4n) is 4.22. The Morgan fingerprint density at radius 3 is 2.72 bits per heavy atom. The van der Waals surface area contributed by atoms with Gasteiger partial charge in [-0.3, -0.25) is 4.79 Å². The van der Waals surface area contributed by atoms with Crippen LogP contribution < -0.4 is 5.32 Å². The van der Waals surface area contributed by atoms with Gasteiger partial charge in [0, 0.05) is 24.5 Å². The minimum atomic E-state index is -0.196. The van der Waals surface area contributed by atoms with Gasteiger partial charge in [0.2, 0.25) is 5.91 Å². The lowest BCUT2D eigenvalue weighted by Crippen LogP contribution is -2.47. The molecule has 1 heterocycles. The highest BCUT2D eigenvalue weighted by Gasteiger charge is 2.33. The van der Waals surface area contributed by atoms with Crippen LogP contribution >= 0.6 is 12.4 Å². The number of rotatable bonds is 5. The van der Waals surface area contributed by atoms with Crippen molar-refractivity contribution in [2.75, 3.05) is 13.1 Å². The van der Waals surface area contributed by atoms with Gasteiger partial charge in [-0.2, -0.15) is 0 Å². The van der Waals surface area contributed by atoms with Crippen molar-refractivity contribution in [1.82, 2.24) is 10.2 Å². The summed E-state index contributed by atoms with van der Waals surface area (Å²) in [6.45, 7) is 3.80. The van der Waals surface area contributed by atoms with Gasteiger partial charge < -0.3 is 10.2 Å². The van der Waals surface area contributed by atoms with Gasteiger partial charge >= 0.3 is 0 Å². The van der Waals surface area contributed by atoms with E-state index in [1.807, 2.05) is 6.07 Å². The second-order valence-corrected chi connectivity index (χ2v) is 7.43. The third kappa shape index (κ3) is 5.42. The second-order valence-electron chi connectivity index (χ2n) is 7.43. The van der Waals surface area contributed by atoms with E-state index in [1.54, 1.807) is 12.1 Å². The molecule has 0 radical (unpaired) electrons. The highest BCUT2D eigenvalue weighted by molar-refractivity contribution is 5.85. The van der Waals surface area contributed by atoms with Crippen molar-refractivity contribution in [3.63, 3.8) is 0 Å². The Hall–Kier alpha value is -1.13. The Morgan fingerprint density at radius 2 is 2.04 bits per heavy atom. The number of carbonyl (C=O) groups is 1. The third-order valence-corrected chi connectivity index (χ3v) is 5.55. The summed E-state index contributed by atoms with van der Waals surface area (Å²) in [6.07, 6.45) is 7.29. The van der Waals surface area contributed by atoms with E-state index < -0.39 is 0 Å². The molecule has 25 heavy (non-hydrogen) atoms. The van der Waals surface area contributed by atoms with Gasteiger partial charge in [-0.05, 0) is 63.3 Å². The van der Waals surface area contributed by atoms with E-state index in [4.69, 9.17) is 0 Å². The minimum absolute atomic E-state index is 0. The average Bonchev–Trinajstić information content (AvgIpc) is 3.09. The molecule has 3 rings (SSSR count). The van der Waals surface area contributed by atoms with Gasteiger partial charge in [0.15, 0.2) is 0 Å². The lowest BCUT2D eigenvalue weighted by atomic mass is 9.91. The van der Waals surface area contributed by atoms with E-state index >= 15 is 0 Å². The van der Waals surface area contributed by atoms with Crippen molar-refractivity contribution in [3.05, 3.63) is 35.6 Å². The molecule has 1 aliphatic carbocycles. The van der Waals surface area contributed by atoms with Crippen LogP contribution in [0.2, 0.25) is 0 Å². The first-order valence-electron chi connectivity index (χ1n) is 9.42. The van der Waals surface area contributed by atoms with Crippen LogP contribution in [-0.4, -0.2) is 36.0 Å².